The van der Waals surface area contributed by atoms with Gasteiger partial charge >= 0.3 is 0 Å². The van der Waals surface area contributed by atoms with Gasteiger partial charge in [0.2, 0.25) is 5.91 Å². The first-order valence-corrected chi connectivity index (χ1v) is 7.53. The predicted octanol–water partition coefficient (Wildman–Crippen LogP) is 3.53. The molecule has 0 heterocycles. The molecule has 1 aromatic rings. The van der Waals surface area contributed by atoms with Crippen molar-refractivity contribution in [3.8, 4) is 6.07 Å². The number of hydrogen-bond acceptors (Lipinski definition) is 2. The van der Waals surface area contributed by atoms with Gasteiger partial charge in [0.1, 0.15) is 0 Å². The van der Waals surface area contributed by atoms with Crippen molar-refractivity contribution in [3.05, 3.63) is 35.4 Å². The maximum Gasteiger partial charge on any atom is 0.220 e. The number of benzene rings is 1. The van der Waals surface area contributed by atoms with Crippen LogP contribution in [0.5, 0.6) is 0 Å². The van der Waals surface area contributed by atoms with Crippen LogP contribution in [0.25, 0.3) is 0 Å². The minimum Gasteiger partial charge on any atom is -0.352 e. The first kappa shape index (κ1) is 14.6. The number of amides is 1. The Morgan fingerprint density at radius 2 is 1.90 bits per heavy atom. The summed E-state index contributed by atoms with van der Waals surface area (Å²) in [7, 11) is 0. The Balaban J connectivity index is 1.67. The molecule has 0 bridgehead atoms. The summed E-state index contributed by atoms with van der Waals surface area (Å²) in [6.07, 6.45) is 8.28. The smallest absolute Gasteiger partial charge is 0.220 e. The molecule has 106 valence electrons. The first-order valence-electron chi connectivity index (χ1n) is 7.53. The fourth-order valence-electron chi connectivity index (χ4n) is 2.80. The molecule has 1 N–H and O–H groups in total. The van der Waals surface area contributed by atoms with Crippen molar-refractivity contribution in [2.24, 2.45) is 5.92 Å². The lowest BCUT2D eigenvalue weighted by atomic mass is 9.86. The van der Waals surface area contributed by atoms with Crippen LogP contribution >= 0.6 is 0 Å². The fourth-order valence-corrected chi connectivity index (χ4v) is 2.80. The third-order valence-electron chi connectivity index (χ3n) is 4.08. The number of hydrogen-bond donors (Lipinski definition) is 1. The largest absolute Gasteiger partial charge is 0.352 e. The predicted molar refractivity (Wildman–Crippen MR) is 78.8 cm³/mol. The van der Waals surface area contributed by atoms with E-state index in [0.717, 1.165) is 17.9 Å². The number of rotatable bonds is 5. The van der Waals surface area contributed by atoms with Gasteiger partial charge in [-0.2, -0.15) is 5.26 Å². The molecule has 3 heteroatoms. The summed E-state index contributed by atoms with van der Waals surface area (Å²) in [5.74, 6) is 0.893. The summed E-state index contributed by atoms with van der Waals surface area (Å²) >= 11 is 0. The van der Waals surface area contributed by atoms with Gasteiger partial charge in [-0.3, -0.25) is 4.79 Å². The van der Waals surface area contributed by atoms with Gasteiger partial charge in [-0.1, -0.05) is 44.2 Å². The maximum absolute atomic E-state index is 11.8. The highest BCUT2D eigenvalue weighted by Crippen LogP contribution is 2.27. The van der Waals surface area contributed by atoms with E-state index < -0.39 is 0 Å². The Labute approximate surface area is 121 Å². The summed E-state index contributed by atoms with van der Waals surface area (Å²) in [5, 5.41) is 11.7. The quantitative estimate of drug-likeness (QED) is 0.889. The molecule has 20 heavy (non-hydrogen) atoms. The monoisotopic (exact) mass is 270 g/mol. The van der Waals surface area contributed by atoms with Crippen molar-refractivity contribution < 1.29 is 4.79 Å². The molecule has 0 radical (unpaired) electrons. The zero-order chi connectivity index (χ0) is 14.2. The molecular formula is C17H22N2O. The van der Waals surface area contributed by atoms with Crippen LogP contribution in [0.1, 0.15) is 56.1 Å². The second-order valence-electron chi connectivity index (χ2n) is 5.63. The Morgan fingerprint density at radius 3 is 2.55 bits per heavy atom. The summed E-state index contributed by atoms with van der Waals surface area (Å²) in [6, 6.07) is 9.43. The highest BCUT2D eigenvalue weighted by molar-refractivity contribution is 5.75. The van der Waals surface area contributed by atoms with Crippen LogP contribution in [-0.4, -0.2) is 5.91 Å². The van der Waals surface area contributed by atoms with E-state index in [-0.39, 0.29) is 5.91 Å². The van der Waals surface area contributed by atoms with E-state index in [2.05, 4.69) is 11.4 Å². The molecule has 1 aromatic carbocycles. The summed E-state index contributed by atoms with van der Waals surface area (Å²) in [5.41, 5.74) is 1.69. The standard InChI is InChI=1S/C17H22N2O/c18-12-15-6-8-16(9-7-15)13-19-17(20)11-10-14-4-2-1-3-5-14/h6-9,14H,1-5,10-11,13H2,(H,19,20). The second-order valence-corrected chi connectivity index (χ2v) is 5.63. The van der Waals surface area contributed by atoms with Gasteiger partial charge < -0.3 is 5.32 Å². The number of carbonyl (C=O) groups excluding carboxylic acids is 1. The van der Waals surface area contributed by atoms with E-state index in [0.29, 0.717) is 18.5 Å². The van der Waals surface area contributed by atoms with E-state index in [1.807, 2.05) is 12.1 Å². The van der Waals surface area contributed by atoms with Crippen LogP contribution in [0.2, 0.25) is 0 Å². The lowest BCUT2D eigenvalue weighted by molar-refractivity contribution is -0.121. The van der Waals surface area contributed by atoms with Crippen LogP contribution in [0.4, 0.5) is 0 Å². The Hall–Kier alpha value is -1.82. The molecule has 0 atom stereocenters. The molecule has 1 aliphatic carbocycles. The van der Waals surface area contributed by atoms with Gasteiger partial charge in [0.15, 0.2) is 0 Å². The topological polar surface area (TPSA) is 52.9 Å². The first-order chi connectivity index (χ1) is 9.78. The van der Waals surface area contributed by atoms with E-state index in [1.54, 1.807) is 12.1 Å². The van der Waals surface area contributed by atoms with E-state index in [4.69, 9.17) is 5.26 Å². The van der Waals surface area contributed by atoms with Crippen molar-refractivity contribution in [2.45, 2.75) is 51.5 Å². The third kappa shape index (κ3) is 4.70. The molecule has 1 aliphatic rings. The Morgan fingerprint density at radius 1 is 1.20 bits per heavy atom. The number of nitrogens with one attached hydrogen (secondary N) is 1. The molecule has 0 saturated heterocycles. The van der Waals surface area contributed by atoms with E-state index in [1.165, 1.54) is 32.1 Å². The van der Waals surface area contributed by atoms with Crippen molar-refractivity contribution >= 4 is 5.91 Å². The normalized spacial score (nSPS) is 15.6. The molecule has 0 unspecified atom stereocenters. The second kappa shape index (κ2) is 7.69. The van der Waals surface area contributed by atoms with Gasteiger partial charge in [0.05, 0.1) is 11.6 Å². The highest BCUT2D eigenvalue weighted by atomic mass is 16.1. The molecule has 2 rings (SSSR count). The van der Waals surface area contributed by atoms with Gasteiger partial charge in [-0.15, -0.1) is 0 Å². The Bertz CT molecular complexity index is 467. The van der Waals surface area contributed by atoms with Crippen LogP contribution in [-0.2, 0) is 11.3 Å². The summed E-state index contributed by atoms with van der Waals surface area (Å²) < 4.78 is 0. The summed E-state index contributed by atoms with van der Waals surface area (Å²) in [6.45, 7) is 0.551. The molecule has 1 saturated carbocycles. The summed E-state index contributed by atoms with van der Waals surface area (Å²) in [4.78, 5) is 11.8. The molecule has 3 nitrogen and oxygen atoms in total. The molecule has 1 fully saturated rings. The molecule has 0 aliphatic heterocycles. The number of nitriles is 1. The maximum atomic E-state index is 11.8. The lowest BCUT2D eigenvalue weighted by Gasteiger charge is -2.20. The van der Waals surface area contributed by atoms with Gasteiger partial charge in [0.25, 0.3) is 0 Å². The highest BCUT2D eigenvalue weighted by Gasteiger charge is 2.14. The SMILES string of the molecule is N#Cc1ccc(CNC(=O)CCC2CCCCC2)cc1. The number of nitrogens with zero attached hydrogens (tertiary/aromatic N) is 1. The zero-order valence-electron chi connectivity index (χ0n) is 11.9. The van der Waals surface area contributed by atoms with Crippen molar-refractivity contribution in [1.29, 1.82) is 5.26 Å². The van der Waals surface area contributed by atoms with Gasteiger partial charge in [0, 0.05) is 13.0 Å². The Kier molecular flexibility index (Phi) is 5.61. The van der Waals surface area contributed by atoms with E-state index >= 15 is 0 Å². The average Bonchev–Trinajstić information content (AvgIpc) is 2.52. The van der Waals surface area contributed by atoms with Crippen molar-refractivity contribution in [3.63, 3.8) is 0 Å². The fraction of sp³-hybridized carbons (Fsp3) is 0.529. The van der Waals surface area contributed by atoms with E-state index in [9.17, 15) is 4.79 Å². The van der Waals surface area contributed by atoms with Crippen molar-refractivity contribution in [1.82, 2.24) is 5.32 Å². The van der Waals surface area contributed by atoms with Crippen LogP contribution < -0.4 is 5.32 Å². The minimum absolute atomic E-state index is 0.139. The number of carbonyl (C=O) groups is 1. The van der Waals surface area contributed by atoms with Crippen LogP contribution in [0, 0.1) is 17.2 Å². The molecule has 0 aromatic heterocycles. The molecule has 1 amide bonds. The molecular weight excluding hydrogens is 248 g/mol. The van der Waals surface area contributed by atoms with Crippen LogP contribution in [0.3, 0.4) is 0 Å². The van der Waals surface area contributed by atoms with Gasteiger partial charge in [-0.25, -0.2) is 0 Å². The third-order valence-corrected chi connectivity index (χ3v) is 4.08. The van der Waals surface area contributed by atoms with Gasteiger partial charge in [-0.05, 0) is 30.0 Å². The molecule has 0 spiro atoms. The minimum atomic E-state index is 0.139. The van der Waals surface area contributed by atoms with Crippen molar-refractivity contribution in [2.75, 3.05) is 0 Å². The lowest BCUT2D eigenvalue weighted by Crippen LogP contribution is -2.23. The van der Waals surface area contributed by atoms with Crippen LogP contribution in [0.15, 0.2) is 24.3 Å². The average molecular weight is 270 g/mol. The zero-order valence-corrected chi connectivity index (χ0v) is 11.9.